The van der Waals surface area contributed by atoms with Crippen LogP contribution in [0.4, 0.5) is 0 Å². The SMILES string of the molecule is CCC1CCNC(C(=O)NC23CC(C2)[C@@H](NC(=O)COc2ccc(Cl)c(Cl)c2)C3)C1. The predicted octanol–water partition coefficient (Wildman–Crippen LogP) is 3.30. The van der Waals surface area contributed by atoms with Gasteiger partial charge in [-0.05, 0) is 62.6 Å². The molecule has 0 radical (unpaired) electrons. The Balaban J connectivity index is 1.23. The lowest BCUT2D eigenvalue weighted by Gasteiger charge is -2.41. The van der Waals surface area contributed by atoms with E-state index in [4.69, 9.17) is 27.9 Å². The smallest absolute Gasteiger partial charge is 0.258 e. The zero-order valence-corrected chi connectivity index (χ0v) is 18.7. The Bertz CT molecular complexity index is 813. The minimum atomic E-state index is -0.167. The van der Waals surface area contributed by atoms with Crippen LogP contribution >= 0.6 is 23.2 Å². The zero-order chi connectivity index (χ0) is 21.3. The summed E-state index contributed by atoms with van der Waals surface area (Å²) in [6.45, 7) is 3.02. The summed E-state index contributed by atoms with van der Waals surface area (Å²) in [7, 11) is 0. The lowest BCUT2D eigenvalue weighted by Crippen LogP contribution is -2.58. The molecule has 0 aromatic heterocycles. The summed E-state index contributed by atoms with van der Waals surface area (Å²) in [5, 5.41) is 10.6. The van der Waals surface area contributed by atoms with E-state index in [-0.39, 0.29) is 36.0 Å². The number of hydrogen-bond acceptors (Lipinski definition) is 4. The zero-order valence-electron chi connectivity index (χ0n) is 17.2. The van der Waals surface area contributed by atoms with Crippen LogP contribution in [0.25, 0.3) is 0 Å². The maximum Gasteiger partial charge on any atom is 0.258 e. The maximum absolute atomic E-state index is 12.8. The summed E-state index contributed by atoms with van der Waals surface area (Å²) in [4.78, 5) is 25.1. The number of carbonyl (C=O) groups excluding carboxylic acids is 2. The number of nitrogens with one attached hydrogen (secondary N) is 3. The van der Waals surface area contributed by atoms with Gasteiger partial charge in [-0.15, -0.1) is 0 Å². The van der Waals surface area contributed by atoms with Crippen LogP contribution in [0, 0.1) is 11.8 Å². The fourth-order valence-corrected chi connectivity index (χ4v) is 5.47. The van der Waals surface area contributed by atoms with Crippen molar-refractivity contribution in [1.29, 1.82) is 0 Å². The van der Waals surface area contributed by atoms with Crippen molar-refractivity contribution in [1.82, 2.24) is 16.0 Å². The van der Waals surface area contributed by atoms with E-state index in [1.54, 1.807) is 18.2 Å². The fraction of sp³-hybridized carbons (Fsp3) is 0.636. The van der Waals surface area contributed by atoms with Crippen molar-refractivity contribution in [2.75, 3.05) is 13.2 Å². The molecule has 1 heterocycles. The highest BCUT2D eigenvalue weighted by atomic mass is 35.5. The van der Waals surface area contributed by atoms with E-state index < -0.39 is 0 Å². The summed E-state index contributed by atoms with van der Waals surface area (Å²) < 4.78 is 5.52. The number of carbonyl (C=O) groups is 2. The number of hydrogen-bond donors (Lipinski definition) is 3. The molecule has 4 aliphatic rings. The number of piperidine rings is 1. The van der Waals surface area contributed by atoms with E-state index >= 15 is 0 Å². The highest BCUT2D eigenvalue weighted by Gasteiger charge is 2.57. The quantitative estimate of drug-likeness (QED) is 0.591. The van der Waals surface area contributed by atoms with E-state index in [0.29, 0.717) is 27.6 Å². The molecular weight excluding hydrogens is 425 g/mol. The van der Waals surface area contributed by atoms with Crippen molar-refractivity contribution in [3.8, 4) is 5.75 Å². The molecule has 164 valence electrons. The molecule has 30 heavy (non-hydrogen) atoms. The van der Waals surface area contributed by atoms with Gasteiger partial charge < -0.3 is 20.7 Å². The molecule has 3 saturated carbocycles. The van der Waals surface area contributed by atoms with Crippen molar-refractivity contribution in [2.24, 2.45) is 11.8 Å². The van der Waals surface area contributed by atoms with E-state index in [2.05, 4.69) is 22.9 Å². The highest BCUT2D eigenvalue weighted by Crippen LogP contribution is 2.52. The van der Waals surface area contributed by atoms with Crippen LogP contribution in [0.15, 0.2) is 18.2 Å². The van der Waals surface area contributed by atoms with Gasteiger partial charge in [0.15, 0.2) is 6.61 Å². The lowest BCUT2D eigenvalue weighted by atomic mass is 9.76. The van der Waals surface area contributed by atoms with Crippen molar-refractivity contribution in [2.45, 2.75) is 63.1 Å². The van der Waals surface area contributed by atoms with Crippen LogP contribution in [-0.2, 0) is 9.59 Å². The molecule has 1 aromatic carbocycles. The molecule has 3 N–H and O–H groups in total. The molecule has 2 amide bonds. The van der Waals surface area contributed by atoms with E-state index in [1.165, 1.54) is 0 Å². The molecule has 5 rings (SSSR count). The van der Waals surface area contributed by atoms with Gasteiger partial charge in [0.05, 0.1) is 16.1 Å². The van der Waals surface area contributed by atoms with E-state index in [1.807, 2.05) is 0 Å². The number of halogens is 2. The van der Waals surface area contributed by atoms with E-state index in [0.717, 1.165) is 45.1 Å². The van der Waals surface area contributed by atoms with Crippen LogP contribution < -0.4 is 20.7 Å². The average Bonchev–Trinajstić information content (AvgIpc) is 3.22. The van der Waals surface area contributed by atoms with E-state index in [9.17, 15) is 9.59 Å². The molecule has 3 atom stereocenters. The van der Waals surface area contributed by atoms with Crippen LogP contribution in [0.1, 0.15) is 45.4 Å². The summed E-state index contributed by atoms with van der Waals surface area (Å²) in [6.07, 6.45) is 5.82. The summed E-state index contributed by atoms with van der Waals surface area (Å²) >= 11 is 11.9. The Morgan fingerprint density at radius 3 is 2.77 bits per heavy atom. The second-order valence-corrected chi connectivity index (χ2v) is 9.80. The Morgan fingerprint density at radius 2 is 2.03 bits per heavy atom. The van der Waals surface area contributed by atoms with Gasteiger partial charge in [-0.3, -0.25) is 9.59 Å². The molecule has 8 heteroatoms. The van der Waals surface area contributed by atoms with Gasteiger partial charge in [-0.1, -0.05) is 36.5 Å². The standard InChI is InChI=1S/C22H29Cl2N3O3/c1-2-13-5-6-25-18(7-13)21(29)27-22-9-14(10-22)19(11-22)26-20(28)12-30-15-3-4-16(23)17(24)8-15/h3-4,8,13-14,18-19,25H,2,5-7,9-12H2,1H3,(H,26,28)(H,27,29)/t13?,14?,18?,19-,22?/m0/s1. The first-order valence-electron chi connectivity index (χ1n) is 10.8. The minimum absolute atomic E-state index is 0.0784. The highest BCUT2D eigenvalue weighted by molar-refractivity contribution is 6.42. The third-order valence-electron chi connectivity index (χ3n) is 6.89. The van der Waals surface area contributed by atoms with Crippen molar-refractivity contribution in [3.05, 3.63) is 28.2 Å². The Hall–Kier alpha value is -1.50. The van der Waals surface area contributed by atoms with Crippen LogP contribution in [0.2, 0.25) is 10.0 Å². The molecule has 2 bridgehead atoms. The number of rotatable bonds is 7. The summed E-state index contributed by atoms with van der Waals surface area (Å²) in [5.74, 6) is 1.49. The molecule has 3 aliphatic carbocycles. The molecule has 1 aromatic rings. The summed E-state index contributed by atoms with van der Waals surface area (Å²) in [6, 6.07) is 4.90. The topological polar surface area (TPSA) is 79.5 Å². The molecule has 1 saturated heterocycles. The van der Waals surface area contributed by atoms with Crippen LogP contribution in [0.3, 0.4) is 0 Å². The van der Waals surface area contributed by atoms with Gasteiger partial charge in [-0.25, -0.2) is 0 Å². The Kier molecular flexibility index (Phi) is 6.47. The summed E-state index contributed by atoms with van der Waals surface area (Å²) in [5.41, 5.74) is -0.162. The average molecular weight is 454 g/mol. The molecule has 1 aliphatic heterocycles. The molecular formula is C22H29Cl2N3O3. The Labute approximate surface area is 187 Å². The second-order valence-electron chi connectivity index (χ2n) is 8.99. The number of ether oxygens (including phenoxy) is 1. The fourth-order valence-electron chi connectivity index (χ4n) is 5.18. The first-order chi connectivity index (χ1) is 14.4. The lowest BCUT2D eigenvalue weighted by molar-refractivity contribution is -0.127. The number of benzene rings is 1. The van der Waals surface area contributed by atoms with Gasteiger partial charge in [0.25, 0.3) is 5.91 Å². The van der Waals surface area contributed by atoms with Gasteiger partial charge >= 0.3 is 0 Å². The van der Waals surface area contributed by atoms with Crippen LogP contribution in [-0.4, -0.2) is 42.6 Å². The third kappa shape index (κ3) is 4.71. The first kappa shape index (κ1) is 21.7. The van der Waals surface area contributed by atoms with Gasteiger partial charge in [-0.2, -0.15) is 0 Å². The maximum atomic E-state index is 12.8. The van der Waals surface area contributed by atoms with Crippen molar-refractivity contribution >= 4 is 35.0 Å². The van der Waals surface area contributed by atoms with Gasteiger partial charge in [0.2, 0.25) is 5.91 Å². The minimum Gasteiger partial charge on any atom is -0.484 e. The van der Waals surface area contributed by atoms with Gasteiger partial charge in [0, 0.05) is 17.6 Å². The first-order valence-corrected chi connectivity index (χ1v) is 11.6. The van der Waals surface area contributed by atoms with Crippen molar-refractivity contribution < 1.29 is 14.3 Å². The Morgan fingerprint density at radius 1 is 1.23 bits per heavy atom. The molecule has 6 nitrogen and oxygen atoms in total. The van der Waals surface area contributed by atoms with Crippen LogP contribution in [0.5, 0.6) is 5.75 Å². The van der Waals surface area contributed by atoms with Crippen molar-refractivity contribution in [3.63, 3.8) is 0 Å². The predicted molar refractivity (Wildman–Crippen MR) is 117 cm³/mol. The molecule has 0 spiro atoms. The third-order valence-corrected chi connectivity index (χ3v) is 7.63. The largest absolute Gasteiger partial charge is 0.484 e. The molecule has 2 unspecified atom stereocenters. The van der Waals surface area contributed by atoms with Gasteiger partial charge in [0.1, 0.15) is 5.75 Å². The second kappa shape index (κ2) is 8.93. The monoisotopic (exact) mass is 453 g/mol. The number of fused-ring (bicyclic) bond motifs is 1. The normalized spacial score (nSPS) is 32.2. The molecule has 4 fully saturated rings. The number of amides is 2.